The van der Waals surface area contributed by atoms with Crippen LogP contribution < -0.4 is 0 Å². The molecule has 0 saturated heterocycles. The number of hydrogen-bond acceptors (Lipinski definition) is 1. The molecule has 1 aromatic rings. The van der Waals surface area contributed by atoms with Gasteiger partial charge in [0.1, 0.15) is 0 Å². The predicted octanol–water partition coefficient (Wildman–Crippen LogP) is 3.12. The van der Waals surface area contributed by atoms with Gasteiger partial charge in [0, 0.05) is 6.61 Å². The molecule has 0 radical (unpaired) electrons. The van der Waals surface area contributed by atoms with Crippen molar-refractivity contribution in [2.24, 2.45) is 11.3 Å². The Balaban J connectivity index is 2.17. The summed E-state index contributed by atoms with van der Waals surface area (Å²) < 4.78 is 0. The topological polar surface area (TPSA) is 20.2 Å². The van der Waals surface area contributed by atoms with Gasteiger partial charge in [0.25, 0.3) is 0 Å². The number of hydrogen-bond donors (Lipinski definition) is 1. The van der Waals surface area contributed by atoms with Crippen LogP contribution in [0.4, 0.5) is 0 Å². The molecular weight excluding hydrogens is 184 g/mol. The molecule has 1 nitrogen and oxygen atoms in total. The molecule has 0 aromatic heterocycles. The molecule has 1 heteroatoms. The van der Waals surface area contributed by atoms with E-state index in [-0.39, 0.29) is 5.41 Å². The van der Waals surface area contributed by atoms with Crippen molar-refractivity contribution in [2.75, 3.05) is 6.61 Å². The Labute approximate surface area is 92.1 Å². The van der Waals surface area contributed by atoms with E-state index >= 15 is 0 Å². The van der Waals surface area contributed by atoms with E-state index in [2.05, 4.69) is 45.0 Å². The van der Waals surface area contributed by atoms with Gasteiger partial charge in [-0.15, -0.1) is 0 Å². The fourth-order valence-corrected chi connectivity index (χ4v) is 2.72. The summed E-state index contributed by atoms with van der Waals surface area (Å²) in [5, 5.41) is 9.30. The molecule has 2 rings (SSSR count). The largest absolute Gasteiger partial charge is 0.396 e. The zero-order chi connectivity index (χ0) is 11.1. The maximum Gasteiger partial charge on any atom is 0.0487 e. The SMILES string of the molecule is Cc1ccccc1C(C)[C@@H]1C[C@]1(C)CO. The number of benzene rings is 1. The average molecular weight is 204 g/mol. The summed E-state index contributed by atoms with van der Waals surface area (Å²) in [7, 11) is 0. The molecule has 0 heterocycles. The Morgan fingerprint density at radius 3 is 2.67 bits per heavy atom. The second-order valence-electron chi connectivity index (χ2n) is 5.27. The lowest BCUT2D eigenvalue weighted by Crippen LogP contribution is -2.09. The highest BCUT2D eigenvalue weighted by atomic mass is 16.3. The monoisotopic (exact) mass is 204 g/mol. The Bertz CT molecular complexity index is 358. The van der Waals surface area contributed by atoms with Crippen LogP contribution in [0.2, 0.25) is 0 Å². The summed E-state index contributed by atoms with van der Waals surface area (Å²) in [5.41, 5.74) is 3.00. The minimum Gasteiger partial charge on any atom is -0.396 e. The lowest BCUT2D eigenvalue weighted by molar-refractivity contribution is 0.207. The lowest BCUT2D eigenvalue weighted by atomic mass is 9.89. The van der Waals surface area contributed by atoms with Gasteiger partial charge in [0.15, 0.2) is 0 Å². The average Bonchev–Trinajstić information content (AvgIpc) is 2.92. The van der Waals surface area contributed by atoms with E-state index in [9.17, 15) is 5.11 Å². The fourth-order valence-electron chi connectivity index (χ4n) is 2.72. The Morgan fingerprint density at radius 2 is 2.13 bits per heavy atom. The minimum atomic E-state index is 0.182. The molecule has 1 aliphatic carbocycles. The number of aliphatic hydroxyl groups is 1. The van der Waals surface area contributed by atoms with Crippen molar-refractivity contribution in [3.05, 3.63) is 35.4 Å². The van der Waals surface area contributed by atoms with Crippen LogP contribution in [0.25, 0.3) is 0 Å². The van der Waals surface area contributed by atoms with Gasteiger partial charge in [0.05, 0.1) is 0 Å². The van der Waals surface area contributed by atoms with Crippen molar-refractivity contribution in [3.8, 4) is 0 Å². The molecular formula is C14H20O. The van der Waals surface area contributed by atoms with Crippen molar-refractivity contribution in [1.82, 2.24) is 0 Å². The molecule has 1 saturated carbocycles. The van der Waals surface area contributed by atoms with Crippen molar-refractivity contribution >= 4 is 0 Å². The maximum atomic E-state index is 9.30. The van der Waals surface area contributed by atoms with Gasteiger partial charge in [-0.3, -0.25) is 0 Å². The van der Waals surface area contributed by atoms with E-state index in [1.807, 2.05) is 0 Å². The van der Waals surface area contributed by atoms with Crippen molar-refractivity contribution in [3.63, 3.8) is 0 Å². The van der Waals surface area contributed by atoms with E-state index < -0.39 is 0 Å². The predicted molar refractivity (Wildman–Crippen MR) is 62.9 cm³/mol. The van der Waals surface area contributed by atoms with Gasteiger partial charge >= 0.3 is 0 Å². The van der Waals surface area contributed by atoms with Crippen molar-refractivity contribution in [2.45, 2.75) is 33.1 Å². The van der Waals surface area contributed by atoms with E-state index in [0.29, 0.717) is 18.4 Å². The number of aryl methyl sites for hydroxylation is 1. The normalized spacial score (nSPS) is 31.3. The highest BCUT2D eigenvalue weighted by molar-refractivity contribution is 5.31. The summed E-state index contributed by atoms with van der Waals surface area (Å²) >= 11 is 0. The zero-order valence-electron chi connectivity index (χ0n) is 9.83. The molecule has 0 spiro atoms. The molecule has 3 atom stereocenters. The Hall–Kier alpha value is -0.820. The van der Waals surface area contributed by atoms with Crippen LogP contribution >= 0.6 is 0 Å². The quantitative estimate of drug-likeness (QED) is 0.802. The maximum absolute atomic E-state index is 9.30. The van der Waals surface area contributed by atoms with Gasteiger partial charge in [-0.1, -0.05) is 38.1 Å². The Morgan fingerprint density at radius 1 is 1.47 bits per heavy atom. The smallest absolute Gasteiger partial charge is 0.0487 e. The second kappa shape index (κ2) is 3.64. The van der Waals surface area contributed by atoms with E-state index in [1.165, 1.54) is 17.5 Å². The van der Waals surface area contributed by atoms with Gasteiger partial charge in [-0.2, -0.15) is 0 Å². The fraction of sp³-hybridized carbons (Fsp3) is 0.571. The molecule has 0 bridgehead atoms. The van der Waals surface area contributed by atoms with E-state index in [1.54, 1.807) is 0 Å². The summed E-state index contributed by atoms with van der Waals surface area (Å²) in [6.45, 7) is 6.97. The van der Waals surface area contributed by atoms with Crippen molar-refractivity contribution in [1.29, 1.82) is 0 Å². The Kier molecular flexibility index (Phi) is 2.59. The highest BCUT2D eigenvalue weighted by Gasteiger charge is 2.52. The van der Waals surface area contributed by atoms with Crippen LogP contribution in [0.15, 0.2) is 24.3 Å². The summed E-state index contributed by atoms with van der Waals surface area (Å²) in [4.78, 5) is 0. The van der Waals surface area contributed by atoms with Crippen LogP contribution in [0.3, 0.4) is 0 Å². The molecule has 1 unspecified atom stereocenters. The van der Waals surface area contributed by atoms with Gasteiger partial charge in [-0.25, -0.2) is 0 Å². The summed E-state index contributed by atoms with van der Waals surface area (Å²) in [6.07, 6.45) is 1.17. The molecule has 1 N–H and O–H groups in total. The molecule has 1 aliphatic rings. The lowest BCUT2D eigenvalue weighted by Gasteiger charge is -2.17. The first-order chi connectivity index (χ1) is 7.08. The number of aliphatic hydroxyl groups excluding tert-OH is 1. The molecule has 0 amide bonds. The van der Waals surface area contributed by atoms with Gasteiger partial charge < -0.3 is 5.11 Å². The first kappa shape index (κ1) is 10.7. The third kappa shape index (κ3) is 1.81. The first-order valence-electron chi connectivity index (χ1n) is 5.75. The summed E-state index contributed by atoms with van der Waals surface area (Å²) in [6, 6.07) is 8.59. The van der Waals surface area contributed by atoms with E-state index in [4.69, 9.17) is 0 Å². The van der Waals surface area contributed by atoms with Crippen LogP contribution in [0.1, 0.15) is 37.3 Å². The molecule has 1 fully saturated rings. The standard InChI is InChI=1S/C14H20O/c1-10-6-4-5-7-12(10)11(2)13-8-14(13,3)9-15/h4-7,11,13,15H,8-9H2,1-3H3/t11?,13-,14+/m0/s1. The van der Waals surface area contributed by atoms with Gasteiger partial charge in [0.2, 0.25) is 0 Å². The van der Waals surface area contributed by atoms with E-state index in [0.717, 1.165) is 0 Å². The summed E-state index contributed by atoms with van der Waals surface area (Å²) in [5.74, 6) is 1.23. The van der Waals surface area contributed by atoms with Gasteiger partial charge in [-0.05, 0) is 41.7 Å². The van der Waals surface area contributed by atoms with Crippen LogP contribution in [-0.4, -0.2) is 11.7 Å². The number of rotatable bonds is 3. The third-order valence-electron chi connectivity index (χ3n) is 4.07. The zero-order valence-corrected chi connectivity index (χ0v) is 9.83. The molecule has 1 aromatic carbocycles. The van der Waals surface area contributed by atoms with Crippen LogP contribution in [0.5, 0.6) is 0 Å². The minimum absolute atomic E-state index is 0.182. The first-order valence-corrected chi connectivity index (χ1v) is 5.75. The van der Waals surface area contributed by atoms with Crippen LogP contribution in [-0.2, 0) is 0 Å². The molecule has 82 valence electrons. The third-order valence-corrected chi connectivity index (χ3v) is 4.07. The second-order valence-corrected chi connectivity index (χ2v) is 5.27. The molecule has 15 heavy (non-hydrogen) atoms. The molecule has 0 aliphatic heterocycles. The van der Waals surface area contributed by atoms with Crippen molar-refractivity contribution < 1.29 is 5.11 Å². The highest BCUT2D eigenvalue weighted by Crippen LogP contribution is 2.58. The van der Waals surface area contributed by atoms with Crippen LogP contribution in [0, 0.1) is 18.3 Å².